The van der Waals surface area contributed by atoms with Crippen molar-refractivity contribution in [2.75, 3.05) is 32.8 Å². The molecule has 1 aromatic carbocycles. The summed E-state index contributed by atoms with van der Waals surface area (Å²) in [6, 6.07) is 5.18. The highest BCUT2D eigenvalue weighted by atomic mass is 19.4. The fourth-order valence-corrected chi connectivity index (χ4v) is 3.65. The first-order chi connectivity index (χ1) is 12.4. The maximum Gasteiger partial charge on any atom is 0.416 e. The first-order valence-electron chi connectivity index (χ1n) is 9.21. The van der Waals surface area contributed by atoms with E-state index < -0.39 is 17.8 Å². The van der Waals surface area contributed by atoms with Crippen LogP contribution in [0.4, 0.5) is 13.2 Å². The van der Waals surface area contributed by atoms with E-state index in [1.165, 1.54) is 6.07 Å². The summed E-state index contributed by atoms with van der Waals surface area (Å²) >= 11 is 0. The van der Waals surface area contributed by atoms with Crippen molar-refractivity contribution >= 4 is 5.91 Å². The zero-order valence-electron chi connectivity index (χ0n) is 14.7. The molecule has 2 aliphatic heterocycles. The van der Waals surface area contributed by atoms with Gasteiger partial charge in [0.1, 0.15) is 6.10 Å². The predicted octanol–water partition coefficient (Wildman–Crippen LogP) is 3.39. The molecular formula is C19H25F3N2O2. The van der Waals surface area contributed by atoms with E-state index >= 15 is 0 Å². The van der Waals surface area contributed by atoms with Gasteiger partial charge in [-0.05, 0) is 56.0 Å². The minimum Gasteiger partial charge on any atom is -0.370 e. The van der Waals surface area contributed by atoms with Crippen molar-refractivity contribution in [2.24, 2.45) is 5.92 Å². The zero-order chi connectivity index (χ0) is 18.6. The first-order valence-corrected chi connectivity index (χ1v) is 9.21. The Balaban J connectivity index is 1.57. The number of benzene rings is 1. The smallest absolute Gasteiger partial charge is 0.370 e. The van der Waals surface area contributed by atoms with Crippen LogP contribution in [0.2, 0.25) is 0 Å². The third-order valence-electron chi connectivity index (χ3n) is 5.23. The second-order valence-electron chi connectivity index (χ2n) is 7.05. The number of ether oxygens (including phenoxy) is 1. The average molecular weight is 370 g/mol. The van der Waals surface area contributed by atoms with E-state index in [1.807, 2.05) is 0 Å². The summed E-state index contributed by atoms with van der Waals surface area (Å²) in [5.41, 5.74) is -0.219. The van der Waals surface area contributed by atoms with Gasteiger partial charge >= 0.3 is 6.18 Å². The summed E-state index contributed by atoms with van der Waals surface area (Å²) < 4.78 is 44.4. The van der Waals surface area contributed by atoms with Gasteiger partial charge in [0.2, 0.25) is 5.91 Å². The fourth-order valence-electron chi connectivity index (χ4n) is 3.65. The second-order valence-corrected chi connectivity index (χ2v) is 7.05. The lowest BCUT2D eigenvalue weighted by Crippen LogP contribution is -2.42. The molecule has 0 aliphatic carbocycles. The van der Waals surface area contributed by atoms with E-state index in [2.05, 4.69) is 5.32 Å². The van der Waals surface area contributed by atoms with Crippen molar-refractivity contribution in [3.8, 4) is 0 Å². The van der Waals surface area contributed by atoms with Gasteiger partial charge in [0.05, 0.1) is 18.7 Å². The van der Waals surface area contributed by atoms with Crippen LogP contribution in [0.25, 0.3) is 0 Å². The number of amides is 1. The third kappa shape index (κ3) is 4.98. The molecule has 2 saturated heterocycles. The van der Waals surface area contributed by atoms with Crippen LogP contribution in [0.5, 0.6) is 0 Å². The molecule has 1 N–H and O–H groups in total. The topological polar surface area (TPSA) is 41.6 Å². The molecule has 1 amide bonds. The van der Waals surface area contributed by atoms with Gasteiger partial charge in [-0.3, -0.25) is 4.79 Å². The Kier molecular flexibility index (Phi) is 6.19. The van der Waals surface area contributed by atoms with Crippen molar-refractivity contribution in [3.63, 3.8) is 0 Å². The molecule has 3 rings (SSSR count). The third-order valence-corrected chi connectivity index (χ3v) is 5.23. The van der Waals surface area contributed by atoms with E-state index in [1.54, 1.807) is 11.0 Å². The number of alkyl halides is 3. The Morgan fingerprint density at radius 3 is 2.77 bits per heavy atom. The molecule has 1 atom stereocenters. The van der Waals surface area contributed by atoms with Crippen molar-refractivity contribution in [2.45, 2.75) is 38.0 Å². The van der Waals surface area contributed by atoms with Gasteiger partial charge in [0.15, 0.2) is 0 Å². The van der Waals surface area contributed by atoms with Gasteiger partial charge in [-0.25, -0.2) is 0 Å². The van der Waals surface area contributed by atoms with Gasteiger partial charge in [0.25, 0.3) is 0 Å². The van der Waals surface area contributed by atoms with E-state index in [0.29, 0.717) is 37.6 Å². The number of halogens is 3. The summed E-state index contributed by atoms with van der Waals surface area (Å²) in [7, 11) is 0. The van der Waals surface area contributed by atoms with E-state index in [9.17, 15) is 18.0 Å². The Labute approximate surface area is 151 Å². The lowest BCUT2D eigenvalue weighted by atomic mass is 9.93. The van der Waals surface area contributed by atoms with Crippen LogP contribution in [-0.2, 0) is 15.7 Å². The number of piperidine rings is 1. The summed E-state index contributed by atoms with van der Waals surface area (Å²) in [5.74, 6) is 0.657. The number of rotatable bonds is 4. The first kappa shape index (κ1) is 19.2. The molecule has 0 spiro atoms. The fraction of sp³-hybridized carbons (Fsp3) is 0.632. The summed E-state index contributed by atoms with van der Waals surface area (Å²) in [4.78, 5) is 14.3. The van der Waals surface area contributed by atoms with Crippen LogP contribution in [0.3, 0.4) is 0 Å². The van der Waals surface area contributed by atoms with Crippen LogP contribution >= 0.6 is 0 Å². The molecule has 0 saturated carbocycles. The monoisotopic (exact) mass is 370 g/mol. The van der Waals surface area contributed by atoms with Gasteiger partial charge in [0, 0.05) is 13.0 Å². The number of carbonyl (C=O) groups excluding carboxylic acids is 1. The lowest BCUT2D eigenvalue weighted by molar-refractivity contribution is -0.140. The van der Waals surface area contributed by atoms with E-state index in [-0.39, 0.29) is 5.91 Å². The standard InChI is InChI=1S/C19H25F3N2O2/c20-19(21,22)16-3-1-2-15(12-16)17-13-24(10-11-26-17)18(25)5-4-14-6-8-23-9-7-14/h1-3,12,14,17,23H,4-11,13H2. The lowest BCUT2D eigenvalue weighted by Gasteiger charge is -2.34. The van der Waals surface area contributed by atoms with Crippen LogP contribution < -0.4 is 5.32 Å². The Morgan fingerprint density at radius 2 is 2.04 bits per heavy atom. The second kappa shape index (κ2) is 8.39. The quantitative estimate of drug-likeness (QED) is 0.883. The van der Waals surface area contributed by atoms with Gasteiger partial charge in [-0.1, -0.05) is 12.1 Å². The van der Waals surface area contributed by atoms with Crippen LogP contribution in [0.1, 0.15) is 42.9 Å². The predicted molar refractivity (Wildman–Crippen MR) is 91.5 cm³/mol. The molecule has 1 aromatic rings. The molecule has 0 bridgehead atoms. The molecule has 2 fully saturated rings. The van der Waals surface area contributed by atoms with Gasteiger partial charge in [-0.15, -0.1) is 0 Å². The summed E-state index contributed by atoms with van der Waals surface area (Å²) in [6.07, 6.45) is -1.30. The Hall–Kier alpha value is -1.60. The maximum absolute atomic E-state index is 12.9. The maximum atomic E-state index is 12.9. The van der Waals surface area contributed by atoms with Crippen LogP contribution in [-0.4, -0.2) is 43.6 Å². The molecule has 0 radical (unpaired) electrons. The molecule has 7 heteroatoms. The van der Waals surface area contributed by atoms with Gasteiger partial charge in [-0.2, -0.15) is 13.2 Å². The average Bonchev–Trinajstić information content (AvgIpc) is 2.66. The number of carbonyl (C=O) groups is 1. The Morgan fingerprint density at radius 1 is 1.27 bits per heavy atom. The minimum atomic E-state index is -4.38. The van der Waals surface area contributed by atoms with Crippen LogP contribution in [0, 0.1) is 5.92 Å². The number of hydrogen-bond acceptors (Lipinski definition) is 3. The summed E-state index contributed by atoms with van der Waals surface area (Å²) in [6.45, 7) is 3.18. The molecule has 2 heterocycles. The molecule has 26 heavy (non-hydrogen) atoms. The number of morpholine rings is 1. The highest BCUT2D eigenvalue weighted by Crippen LogP contribution is 2.32. The molecule has 0 aromatic heterocycles. The zero-order valence-corrected chi connectivity index (χ0v) is 14.7. The van der Waals surface area contributed by atoms with E-state index in [4.69, 9.17) is 4.74 Å². The van der Waals surface area contributed by atoms with Crippen molar-refractivity contribution < 1.29 is 22.7 Å². The molecular weight excluding hydrogens is 345 g/mol. The minimum absolute atomic E-state index is 0.0730. The molecule has 2 aliphatic rings. The number of hydrogen-bond donors (Lipinski definition) is 1. The molecule has 4 nitrogen and oxygen atoms in total. The SMILES string of the molecule is O=C(CCC1CCNCC1)N1CCOC(c2cccc(C(F)(F)F)c2)C1. The van der Waals surface area contributed by atoms with Gasteiger partial charge < -0.3 is 15.0 Å². The molecule has 1 unspecified atom stereocenters. The highest BCUT2D eigenvalue weighted by molar-refractivity contribution is 5.76. The summed E-state index contributed by atoms with van der Waals surface area (Å²) in [5, 5.41) is 3.31. The normalized spacial score (nSPS) is 22.4. The molecule has 144 valence electrons. The highest BCUT2D eigenvalue weighted by Gasteiger charge is 2.32. The largest absolute Gasteiger partial charge is 0.416 e. The number of nitrogens with zero attached hydrogens (tertiary/aromatic N) is 1. The van der Waals surface area contributed by atoms with Crippen molar-refractivity contribution in [1.29, 1.82) is 0 Å². The van der Waals surface area contributed by atoms with Crippen LogP contribution in [0.15, 0.2) is 24.3 Å². The number of nitrogens with one attached hydrogen (secondary N) is 1. The van der Waals surface area contributed by atoms with Crippen molar-refractivity contribution in [1.82, 2.24) is 10.2 Å². The van der Waals surface area contributed by atoms with Crippen molar-refractivity contribution in [3.05, 3.63) is 35.4 Å². The van der Waals surface area contributed by atoms with E-state index in [0.717, 1.165) is 44.5 Å². The Bertz CT molecular complexity index is 615.